The zero-order chi connectivity index (χ0) is 17.9. The molecule has 4 nitrogen and oxygen atoms in total. The summed E-state index contributed by atoms with van der Waals surface area (Å²) < 4.78 is 13.8. The fraction of sp³-hybridized carbons (Fsp3) is 0.200. The van der Waals surface area contributed by atoms with E-state index in [2.05, 4.69) is 26.9 Å². The van der Waals surface area contributed by atoms with Gasteiger partial charge in [0, 0.05) is 37.4 Å². The summed E-state index contributed by atoms with van der Waals surface area (Å²) in [6.07, 6.45) is 1.58. The molecule has 2 aliphatic rings. The van der Waals surface area contributed by atoms with Gasteiger partial charge in [0.15, 0.2) is 5.17 Å². The Labute approximate surface area is 156 Å². The quantitative estimate of drug-likeness (QED) is 0.760. The molecule has 2 heterocycles. The van der Waals surface area contributed by atoms with Crippen LogP contribution in [0.1, 0.15) is 5.56 Å². The van der Waals surface area contributed by atoms with Gasteiger partial charge in [-0.25, -0.2) is 4.39 Å². The summed E-state index contributed by atoms with van der Waals surface area (Å²) >= 11 is 1.33. The number of aliphatic imine (C=N–C) groups is 1. The summed E-state index contributed by atoms with van der Waals surface area (Å²) in [5, 5.41) is 0.713. The number of halogens is 1. The molecule has 4 rings (SSSR count). The topological polar surface area (TPSA) is 35.9 Å². The number of para-hydroxylation sites is 1. The maximum Gasteiger partial charge on any atom is 0.286 e. The van der Waals surface area contributed by atoms with Crippen LogP contribution in [0.3, 0.4) is 0 Å². The number of amidine groups is 1. The van der Waals surface area contributed by atoms with Gasteiger partial charge >= 0.3 is 0 Å². The number of hydrogen-bond acceptors (Lipinski definition) is 4. The second kappa shape index (κ2) is 7.33. The molecule has 0 aromatic heterocycles. The van der Waals surface area contributed by atoms with Gasteiger partial charge in [-0.05, 0) is 36.0 Å². The average molecular weight is 367 g/mol. The fourth-order valence-electron chi connectivity index (χ4n) is 3.06. The average Bonchev–Trinajstić information content (AvgIpc) is 3.05. The molecular weight excluding hydrogens is 349 g/mol. The molecule has 2 aromatic rings. The number of benzene rings is 2. The normalized spacial score (nSPS) is 19.2. The van der Waals surface area contributed by atoms with Crippen LogP contribution in [0.2, 0.25) is 0 Å². The molecule has 1 amide bonds. The largest absolute Gasteiger partial charge is 0.368 e. The molecule has 0 aliphatic carbocycles. The summed E-state index contributed by atoms with van der Waals surface area (Å²) in [5.41, 5.74) is 1.62. The fourth-order valence-corrected chi connectivity index (χ4v) is 4.02. The molecular formula is C20H18FN3OS. The number of piperazine rings is 1. The molecule has 0 bridgehead atoms. The maximum absolute atomic E-state index is 13.8. The summed E-state index contributed by atoms with van der Waals surface area (Å²) in [7, 11) is 0. The summed E-state index contributed by atoms with van der Waals surface area (Å²) in [6.45, 7) is 3.37. The molecule has 0 N–H and O–H groups in total. The highest BCUT2D eigenvalue weighted by atomic mass is 32.2. The number of carbonyl (C=O) groups excluding carboxylic acids is 1. The van der Waals surface area contributed by atoms with Crippen LogP contribution in [-0.4, -0.2) is 42.2 Å². The first-order valence-electron chi connectivity index (χ1n) is 8.53. The van der Waals surface area contributed by atoms with E-state index in [0.29, 0.717) is 15.6 Å². The Morgan fingerprint density at radius 3 is 2.31 bits per heavy atom. The van der Waals surface area contributed by atoms with E-state index in [1.165, 1.54) is 23.5 Å². The summed E-state index contributed by atoms with van der Waals surface area (Å²) in [6, 6.07) is 16.7. The van der Waals surface area contributed by atoms with Gasteiger partial charge in [-0.3, -0.25) is 4.79 Å². The van der Waals surface area contributed by atoms with E-state index in [0.717, 1.165) is 26.2 Å². The van der Waals surface area contributed by atoms with Crippen LogP contribution in [0.15, 0.2) is 64.5 Å². The number of amides is 1. The van der Waals surface area contributed by atoms with Gasteiger partial charge in [0.1, 0.15) is 5.82 Å². The van der Waals surface area contributed by atoms with Crippen LogP contribution < -0.4 is 4.90 Å². The van der Waals surface area contributed by atoms with Gasteiger partial charge in [0.2, 0.25) is 0 Å². The van der Waals surface area contributed by atoms with Gasteiger partial charge < -0.3 is 9.80 Å². The van der Waals surface area contributed by atoms with Gasteiger partial charge in [0.05, 0.1) is 4.91 Å². The lowest BCUT2D eigenvalue weighted by atomic mass is 10.2. The molecule has 2 aromatic carbocycles. The lowest BCUT2D eigenvalue weighted by Gasteiger charge is -2.36. The Balaban J connectivity index is 1.42. The molecule has 0 saturated carbocycles. The van der Waals surface area contributed by atoms with Crippen molar-refractivity contribution < 1.29 is 9.18 Å². The van der Waals surface area contributed by atoms with Crippen LogP contribution in [0.4, 0.5) is 10.1 Å². The highest BCUT2D eigenvalue weighted by Crippen LogP contribution is 2.31. The standard InChI is InChI=1S/C20H18FN3OS/c21-17-9-5-4-6-15(17)14-18-19(25)22-20(26-18)24-12-10-23(11-13-24)16-7-2-1-3-8-16/h1-9,14H,10-13H2/b18-14-. The van der Waals surface area contributed by atoms with Crippen molar-refractivity contribution in [2.24, 2.45) is 4.99 Å². The van der Waals surface area contributed by atoms with Gasteiger partial charge in [0.25, 0.3) is 5.91 Å². The Hall–Kier alpha value is -2.60. The van der Waals surface area contributed by atoms with Gasteiger partial charge in [-0.15, -0.1) is 0 Å². The monoisotopic (exact) mass is 367 g/mol. The van der Waals surface area contributed by atoms with Gasteiger partial charge in [-0.2, -0.15) is 4.99 Å². The molecule has 26 heavy (non-hydrogen) atoms. The Kier molecular flexibility index (Phi) is 4.75. The lowest BCUT2D eigenvalue weighted by molar-refractivity contribution is -0.113. The Bertz CT molecular complexity index is 874. The predicted molar refractivity (Wildman–Crippen MR) is 105 cm³/mol. The van der Waals surface area contributed by atoms with Crippen molar-refractivity contribution in [3.8, 4) is 0 Å². The number of thioether (sulfide) groups is 1. The van der Waals surface area contributed by atoms with Crippen molar-refractivity contribution in [2.75, 3.05) is 31.1 Å². The van der Waals surface area contributed by atoms with Crippen LogP contribution >= 0.6 is 11.8 Å². The van der Waals surface area contributed by atoms with Crippen LogP contribution in [0.25, 0.3) is 6.08 Å². The molecule has 1 fully saturated rings. The molecule has 0 radical (unpaired) electrons. The van der Waals surface area contributed by atoms with E-state index in [9.17, 15) is 9.18 Å². The number of rotatable bonds is 2. The third kappa shape index (κ3) is 3.51. The van der Waals surface area contributed by atoms with Crippen molar-refractivity contribution in [3.63, 3.8) is 0 Å². The van der Waals surface area contributed by atoms with E-state index >= 15 is 0 Å². The zero-order valence-electron chi connectivity index (χ0n) is 14.1. The minimum atomic E-state index is -0.335. The maximum atomic E-state index is 13.8. The van der Waals surface area contributed by atoms with Crippen molar-refractivity contribution in [1.29, 1.82) is 0 Å². The van der Waals surface area contributed by atoms with Crippen molar-refractivity contribution >= 4 is 34.6 Å². The Morgan fingerprint density at radius 2 is 1.58 bits per heavy atom. The minimum absolute atomic E-state index is 0.293. The first-order valence-corrected chi connectivity index (χ1v) is 9.34. The third-order valence-corrected chi connectivity index (χ3v) is 5.52. The molecule has 1 saturated heterocycles. The molecule has 2 aliphatic heterocycles. The Morgan fingerprint density at radius 1 is 0.923 bits per heavy atom. The summed E-state index contributed by atoms with van der Waals surface area (Å²) in [4.78, 5) is 21.3. The van der Waals surface area contributed by atoms with E-state index in [-0.39, 0.29) is 11.7 Å². The molecule has 132 valence electrons. The highest BCUT2D eigenvalue weighted by Gasteiger charge is 2.28. The smallest absolute Gasteiger partial charge is 0.286 e. The molecule has 0 spiro atoms. The number of nitrogens with zero attached hydrogens (tertiary/aromatic N) is 3. The van der Waals surface area contributed by atoms with Crippen LogP contribution in [0, 0.1) is 5.82 Å². The molecule has 6 heteroatoms. The first-order chi connectivity index (χ1) is 12.7. The van der Waals surface area contributed by atoms with Gasteiger partial charge in [-0.1, -0.05) is 36.4 Å². The first kappa shape index (κ1) is 16.8. The van der Waals surface area contributed by atoms with Crippen molar-refractivity contribution in [2.45, 2.75) is 0 Å². The highest BCUT2D eigenvalue weighted by molar-refractivity contribution is 8.18. The van der Waals surface area contributed by atoms with Crippen LogP contribution in [-0.2, 0) is 4.79 Å². The summed E-state index contributed by atoms with van der Waals surface area (Å²) in [5.74, 6) is -0.628. The number of hydrogen-bond donors (Lipinski definition) is 0. The third-order valence-electron chi connectivity index (χ3n) is 4.47. The molecule has 0 atom stereocenters. The number of anilines is 1. The van der Waals surface area contributed by atoms with E-state index in [4.69, 9.17) is 0 Å². The van der Waals surface area contributed by atoms with E-state index in [1.54, 1.807) is 24.3 Å². The second-order valence-electron chi connectivity index (χ2n) is 6.14. The van der Waals surface area contributed by atoms with E-state index in [1.807, 2.05) is 18.2 Å². The van der Waals surface area contributed by atoms with E-state index < -0.39 is 0 Å². The second-order valence-corrected chi connectivity index (χ2v) is 7.15. The molecule has 0 unspecified atom stereocenters. The zero-order valence-corrected chi connectivity index (χ0v) is 15.0. The van der Waals surface area contributed by atoms with Crippen molar-refractivity contribution in [3.05, 3.63) is 70.9 Å². The van der Waals surface area contributed by atoms with Crippen molar-refractivity contribution in [1.82, 2.24) is 4.90 Å². The van der Waals surface area contributed by atoms with Crippen LogP contribution in [0.5, 0.6) is 0 Å². The number of carbonyl (C=O) groups is 1. The predicted octanol–water partition coefficient (Wildman–Crippen LogP) is 3.62. The SMILES string of the molecule is O=C1N=C(N2CCN(c3ccccc3)CC2)S/C1=C\c1ccccc1F. The lowest BCUT2D eigenvalue weighted by Crippen LogP contribution is -2.47. The minimum Gasteiger partial charge on any atom is -0.368 e.